The molecule has 1 N–H and O–H groups in total. The zero-order valence-electron chi connectivity index (χ0n) is 16.7. The highest BCUT2D eigenvalue weighted by molar-refractivity contribution is 9.13. The van der Waals surface area contributed by atoms with Crippen LogP contribution in [0.5, 0.6) is 0 Å². The zero-order valence-corrected chi connectivity index (χ0v) is 19.9. The Bertz CT molecular complexity index is 1430. The van der Waals surface area contributed by atoms with Crippen LogP contribution in [-0.2, 0) is 0 Å². The van der Waals surface area contributed by atoms with Crippen LogP contribution in [-0.4, -0.2) is 20.8 Å². The fourth-order valence-electron chi connectivity index (χ4n) is 6.71. The van der Waals surface area contributed by atoms with Crippen LogP contribution in [0.15, 0.2) is 39.3 Å². The van der Waals surface area contributed by atoms with E-state index in [1.54, 1.807) is 0 Å². The molecule has 4 unspecified atom stereocenters. The number of aliphatic hydroxyl groups is 1. The van der Waals surface area contributed by atoms with Crippen molar-refractivity contribution in [3.63, 3.8) is 0 Å². The normalized spacial score (nSPS) is 26.9. The molecule has 0 saturated heterocycles. The van der Waals surface area contributed by atoms with Crippen LogP contribution in [0.4, 0.5) is 0 Å². The topological polar surface area (TPSA) is 30.1 Å². The van der Waals surface area contributed by atoms with E-state index in [-0.39, 0.29) is 6.61 Å². The third-order valence-corrected chi connectivity index (χ3v) is 9.97. The van der Waals surface area contributed by atoms with E-state index in [1.165, 1.54) is 44.0 Å². The molecule has 7 rings (SSSR count). The van der Waals surface area contributed by atoms with E-state index < -0.39 is 0 Å². The van der Waals surface area contributed by atoms with Gasteiger partial charge in [0.15, 0.2) is 0 Å². The van der Waals surface area contributed by atoms with Gasteiger partial charge in [-0.05, 0) is 57.2 Å². The molecule has 2 aliphatic carbocycles. The summed E-state index contributed by atoms with van der Waals surface area (Å²) in [6, 6.07) is 9.60. The fraction of sp³-hybridized carbons (Fsp3) is 0.360. The minimum Gasteiger partial charge on any atom is -0.396 e. The second kappa shape index (κ2) is 6.02. The smallest absolute Gasteiger partial charge is 0.0754 e. The molecule has 3 nitrogen and oxygen atoms in total. The number of aliphatic hydroxyl groups excluding tert-OH is 1. The van der Waals surface area contributed by atoms with Crippen molar-refractivity contribution in [2.75, 3.05) is 6.61 Å². The summed E-state index contributed by atoms with van der Waals surface area (Å²) in [7, 11) is 0. The van der Waals surface area contributed by atoms with Gasteiger partial charge in [0.05, 0.1) is 11.0 Å². The molecule has 2 bridgehead atoms. The second-order valence-corrected chi connectivity index (χ2v) is 10.9. The summed E-state index contributed by atoms with van der Waals surface area (Å²) in [6.07, 6.45) is 7.86. The summed E-state index contributed by atoms with van der Waals surface area (Å²) in [5.74, 6) is 0.784. The van der Waals surface area contributed by atoms with Crippen molar-refractivity contribution in [2.24, 2.45) is 5.92 Å². The van der Waals surface area contributed by atoms with Crippen molar-refractivity contribution in [3.05, 3.63) is 50.5 Å². The highest BCUT2D eigenvalue weighted by atomic mass is 79.9. The highest BCUT2D eigenvalue weighted by Crippen LogP contribution is 2.57. The number of hydrogen-bond acceptors (Lipinski definition) is 1. The Morgan fingerprint density at radius 3 is 2.63 bits per heavy atom. The average Bonchev–Trinajstić information content (AvgIpc) is 3.38. The van der Waals surface area contributed by atoms with Crippen LogP contribution in [0, 0.1) is 5.92 Å². The third kappa shape index (κ3) is 1.96. The molecule has 4 atom stereocenters. The zero-order chi connectivity index (χ0) is 20.3. The predicted octanol–water partition coefficient (Wildman–Crippen LogP) is 7.29. The molecule has 1 fully saturated rings. The lowest BCUT2D eigenvalue weighted by Gasteiger charge is -2.27. The molecule has 0 spiro atoms. The van der Waals surface area contributed by atoms with Gasteiger partial charge in [-0.2, -0.15) is 0 Å². The number of halogens is 2. The van der Waals surface area contributed by atoms with Gasteiger partial charge in [-0.25, -0.2) is 0 Å². The number of benzene rings is 2. The Morgan fingerprint density at radius 2 is 1.80 bits per heavy atom. The van der Waals surface area contributed by atoms with Gasteiger partial charge in [0.25, 0.3) is 0 Å². The minimum absolute atomic E-state index is 0.259. The monoisotopic (exact) mass is 524 g/mol. The van der Waals surface area contributed by atoms with Crippen molar-refractivity contribution in [2.45, 2.75) is 44.2 Å². The molecular formula is C25H22Br2N2O. The third-order valence-electron chi connectivity index (χ3n) is 7.85. The summed E-state index contributed by atoms with van der Waals surface area (Å²) in [5, 5.41) is 14.3. The SMILES string of the molecule is CC1CC=Cc2c1n1c3c2c(Br)c(Br)c2c4ccccc4n(c23)C2CC(CO)C1C2. The van der Waals surface area contributed by atoms with Gasteiger partial charge in [-0.15, -0.1) is 0 Å². The van der Waals surface area contributed by atoms with E-state index in [0.717, 1.165) is 28.2 Å². The van der Waals surface area contributed by atoms with Gasteiger partial charge >= 0.3 is 0 Å². The number of nitrogens with zero attached hydrogens (tertiary/aromatic N) is 2. The highest BCUT2D eigenvalue weighted by Gasteiger charge is 2.43. The summed E-state index contributed by atoms with van der Waals surface area (Å²) in [6.45, 7) is 2.61. The molecule has 1 saturated carbocycles. The summed E-state index contributed by atoms with van der Waals surface area (Å²) in [5.41, 5.74) is 6.84. The lowest BCUT2D eigenvalue weighted by Crippen LogP contribution is -2.20. The molecule has 30 heavy (non-hydrogen) atoms. The van der Waals surface area contributed by atoms with Crippen LogP contribution >= 0.6 is 31.9 Å². The molecular weight excluding hydrogens is 504 g/mol. The van der Waals surface area contributed by atoms with Gasteiger partial charge in [0, 0.05) is 72.4 Å². The Balaban J connectivity index is 1.82. The van der Waals surface area contributed by atoms with E-state index in [0.29, 0.717) is 23.9 Å². The van der Waals surface area contributed by atoms with Crippen LogP contribution in [0.2, 0.25) is 0 Å². The van der Waals surface area contributed by atoms with Crippen molar-refractivity contribution < 1.29 is 5.11 Å². The van der Waals surface area contributed by atoms with E-state index in [2.05, 4.69) is 84.3 Å². The maximum atomic E-state index is 10.3. The maximum Gasteiger partial charge on any atom is 0.0754 e. The molecule has 3 heterocycles. The van der Waals surface area contributed by atoms with Crippen molar-refractivity contribution in [3.8, 4) is 0 Å². The first-order chi connectivity index (χ1) is 14.6. The predicted molar refractivity (Wildman–Crippen MR) is 130 cm³/mol. The van der Waals surface area contributed by atoms with Gasteiger partial charge in [-0.1, -0.05) is 37.3 Å². The number of allylic oxidation sites excluding steroid dienone is 1. The largest absolute Gasteiger partial charge is 0.396 e. The standard InChI is InChI=1S/C25H22Br2N2O/c1-12-5-4-7-16-20-22(27)21(26)19-15-6-2-3-8-17(15)28-14-9-13(11-30)18(10-14)29(23(12)16)25(20)24(19)28/h2-4,6-8,12-14,18,30H,5,9-11H2,1H3. The molecule has 4 aromatic rings. The van der Waals surface area contributed by atoms with Crippen LogP contribution in [0.3, 0.4) is 0 Å². The summed E-state index contributed by atoms with van der Waals surface area (Å²) < 4.78 is 7.57. The molecule has 2 aromatic carbocycles. The second-order valence-electron chi connectivity index (χ2n) is 9.31. The van der Waals surface area contributed by atoms with Crippen LogP contribution in [0.25, 0.3) is 38.8 Å². The van der Waals surface area contributed by atoms with Gasteiger partial charge in [-0.3, -0.25) is 0 Å². The molecule has 2 aromatic heterocycles. The maximum absolute atomic E-state index is 10.3. The van der Waals surface area contributed by atoms with E-state index in [1.807, 2.05) is 0 Å². The first kappa shape index (κ1) is 18.1. The fourth-order valence-corrected chi connectivity index (χ4v) is 7.91. The quantitative estimate of drug-likeness (QED) is 0.278. The molecule has 0 amide bonds. The van der Waals surface area contributed by atoms with E-state index in [4.69, 9.17) is 0 Å². The Labute approximate surface area is 191 Å². The Morgan fingerprint density at radius 1 is 1.03 bits per heavy atom. The van der Waals surface area contributed by atoms with Gasteiger partial charge < -0.3 is 14.2 Å². The number of aromatic nitrogens is 2. The molecule has 1 aliphatic heterocycles. The molecule has 3 aliphatic rings. The molecule has 0 radical (unpaired) electrons. The molecule has 152 valence electrons. The van der Waals surface area contributed by atoms with E-state index in [9.17, 15) is 5.11 Å². The Kier molecular flexibility index (Phi) is 3.62. The van der Waals surface area contributed by atoms with Crippen LogP contribution in [0.1, 0.15) is 55.4 Å². The number of rotatable bonds is 1. The summed E-state index contributed by atoms with van der Waals surface area (Å²) in [4.78, 5) is 0. The number of para-hydroxylation sites is 1. The lowest BCUT2D eigenvalue weighted by molar-refractivity contribution is 0.195. The van der Waals surface area contributed by atoms with Crippen LogP contribution < -0.4 is 0 Å². The summed E-state index contributed by atoms with van der Waals surface area (Å²) >= 11 is 7.97. The first-order valence-electron chi connectivity index (χ1n) is 10.9. The van der Waals surface area contributed by atoms with Crippen molar-refractivity contribution >= 4 is 70.6 Å². The first-order valence-corrected chi connectivity index (χ1v) is 12.4. The van der Waals surface area contributed by atoms with Gasteiger partial charge in [0.2, 0.25) is 0 Å². The minimum atomic E-state index is 0.259. The van der Waals surface area contributed by atoms with E-state index >= 15 is 0 Å². The van der Waals surface area contributed by atoms with Crippen molar-refractivity contribution in [1.82, 2.24) is 9.13 Å². The number of fused-ring (bicyclic) bond motifs is 10. The Hall–Kier alpha value is -1.56. The lowest BCUT2D eigenvalue weighted by atomic mass is 9.92. The molecule has 5 heteroatoms. The average molecular weight is 526 g/mol. The number of hydrogen-bond donors (Lipinski definition) is 1. The van der Waals surface area contributed by atoms with Crippen molar-refractivity contribution in [1.29, 1.82) is 0 Å². The van der Waals surface area contributed by atoms with Gasteiger partial charge in [0.1, 0.15) is 0 Å².